The molecule has 0 saturated heterocycles. The van der Waals surface area contributed by atoms with Gasteiger partial charge in [-0.15, -0.1) is 0 Å². The van der Waals surface area contributed by atoms with Crippen LogP contribution in [-0.2, 0) is 10.1 Å². The molecule has 170 valence electrons. The van der Waals surface area contributed by atoms with Gasteiger partial charge in [0.25, 0.3) is 0 Å². The van der Waals surface area contributed by atoms with Crippen LogP contribution in [0.15, 0.2) is 0 Å². The fraction of sp³-hybridized carbons (Fsp3) is 1.00. The van der Waals surface area contributed by atoms with Crippen molar-refractivity contribution in [3.63, 3.8) is 0 Å². The third-order valence-electron chi connectivity index (χ3n) is 5.75. The van der Waals surface area contributed by atoms with Crippen molar-refractivity contribution in [2.75, 3.05) is 0 Å². The molecule has 2 unspecified atom stereocenters. The molecule has 0 rings (SSSR count). The van der Waals surface area contributed by atoms with Gasteiger partial charge in [0.15, 0.2) is 0 Å². The molecule has 0 aliphatic heterocycles. The third kappa shape index (κ3) is 21.9. The van der Waals surface area contributed by atoms with E-state index in [0.29, 0.717) is 25.7 Å². The van der Waals surface area contributed by atoms with Crippen LogP contribution >= 0.6 is 0 Å². The third-order valence-corrected chi connectivity index (χ3v) is 7.04. The molecular formula is C23H47NaO4S. The van der Waals surface area contributed by atoms with Gasteiger partial charge in [-0.3, -0.25) is 0 Å². The van der Waals surface area contributed by atoms with Crippen molar-refractivity contribution in [1.82, 2.24) is 0 Å². The number of aliphatic hydroxyl groups excluding tert-OH is 1. The van der Waals surface area contributed by atoms with E-state index >= 15 is 0 Å². The number of unbranched alkanes of at least 4 members (excludes halogenated alkanes) is 13. The van der Waals surface area contributed by atoms with Gasteiger partial charge < -0.3 is 9.66 Å². The van der Waals surface area contributed by atoms with Gasteiger partial charge in [-0.05, 0) is 25.7 Å². The monoisotopic (exact) mass is 442 g/mol. The van der Waals surface area contributed by atoms with Crippen molar-refractivity contribution in [2.24, 2.45) is 0 Å². The Morgan fingerprint density at radius 3 is 1.45 bits per heavy atom. The molecule has 6 heteroatoms. The van der Waals surface area contributed by atoms with E-state index in [-0.39, 0.29) is 29.6 Å². The Kier molecular flexibility index (Phi) is 24.4. The summed E-state index contributed by atoms with van der Waals surface area (Å²) in [6.45, 7) is 4.38. The van der Waals surface area contributed by atoms with Crippen molar-refractivity contribution >= 4 is 10.1 Å². The molecule has 0 aromatic carbocycles. The number of rotatable bonds is 21. The summed E-state index contributed by atoms with van der Waals surface area (Å²) in [4.78, 5) is 0. The fourth-order valence-corrected chi connectivity index (χ4v) is 4.68. The Morgan fingerprint density at radius 1 is 0.621 bits per heavy atom. The normalized spacial score (nSPS) is 13.8. The van der Waals surface area contributed by atoms with Crippen LogP contribution in [0.2, 0.25) is 0 Å². The predicted molar refractivity (Wildman–Crippen MR) is 119 cm³/mol. The Balaban J connectivity index is 0. The molecule has 0 radical (unpaired) electrons. The minimum absolute atomic E-state index is 0. The largest absolute Gasteiger partial charge is 1.00 e. The first-order valence-electron chi connectivity index (χ1n) is 12.0. The van der Waals surface area contributed by atoms with E-state index in [1.807, 2.05) is 0 Å². The van der Waals surface area contributed by atoms with Crippen LogP contribution in [0.3, 0.4) is 0 Å². The average Bonchev–Trinajstić information content (AvgIpc) is 2.64. The molecule has 0 spiro atoms. The standard InChI is InChI=1S/C23H48O4S.Na/c1-3-5-7-9-10-11-12-13-14-15-17-19-23(28(25,26)27)21-20-22(24)18-16-8-6-4-2;/h22-24H,3-21H2,1-2H3,(H,25,26,27);/q;+1/p-1. The van der Waals surface area contributed by atoms with Crippen molar-refractivity contribution in [1.29, 1.82) is 0 Å². The molecule has 0 bridgehead atoms. The van der Waals surface area contributed by atoms with Crippen LogP contribution in [0.4, 0.5) is 0 Å². The first-order chi connectivity index (χ1) is 13.4. The van der Waals surface area contributed by atoms with Gasteiger partial charge in [0.1, 0.15) is 0 Å². The molecule has 0 fully saturated rings. The summed E-state index contributed by atoms with van der Waals surface area (Å²) >= 11 is 0. The van der Waals surface area contributed by atoms with Gasteiger partial charge in [0.05, 0.1) is 16.2 Å². The van der Waals surface area contributed by atoms with Crippen molar-refractivity contribution < 1.29 is 47.6 Å². The van der Waals surface area contributed by atoms with Crippen LogP contribution in [0.25, 0.3) is 0 Å². The number of aliphatic hydroxyl groups is 1. The Bertz CT molecular complexity index is 429. The van der Waals surface area contributed by atoms with Gasteiger partial charge in [0.2, 0.25) is 0 Å². The van der Waals surface area contributed by atoms with Crippen LogP contribution in [0, 0.1) is 0 Å². The molecule has 0 aromatic rings. The van der Waals surface area contributed by atoms with Crippen LogP contribution in [0.5, 0.6) is 0 Å². The molecule has 1 N–H and O–H groups in total. The van der Waals surface area contributed by atoms with Crippen molar-refractivity contribution in [3.05, 3.63) is 0 Å². The van der Waals surface area contributed by atoms with Gasteiger partial charge in [-0.1, -0.05) is 110 Å². The number of hydrogen-bond donors (Lipinski definition) is 1. The van der Waals surface area contributed by atoms with E-state index in [2.05, 4.69) is 13.8 Å². The second-order valence-corrected chi connectivity index (χ2v) is 10.2. The van der Waals surface area contributed by atoms with Gasteiger partial charge in [0, 0.05) is 5.25 Å². The maximum absolute atomic E-state index is 11.5. The van der Waals surface area contributed by atoms with Gasteiger partial charge in [-0.25, -0.2) is 8.42 Å². The average molecular weight is 443 g/mol. The summed E-state index contributed by atoms with van der Waals surface area (Å²) in [6, 6.07) is 0. The van der Waals surface area contributed by atoms with Gasteiger partial charge in [-0.2, -0.15) is 0 Å². The van der Waals surface area contributed by atoms with Crippen molar-refractivity contribution in [2.45, 2.75) is 147 Å². The maximum Gasteiger partial charge on any atom is 1.00 e. The zero-order valence-electron chi connectivity index (χ0n) is 19.7. The molecule has 0 aliphatic carbocycles. The molecule has 0 aliphatic rings. The van der Waals surface area contributed by atoms with E-state index < -0.39 is 21.5 Å². The van der Waals surface area contributed by atoms with E-state index in [1.54, 1.807) is 0 Å². The Hall–Kier alpha value is 0.870. The maximum atomic E-state index is 11.5. The number of hydrogen-bond acceptors (Lipinski definition) is 4. The zero-order chi connectivity index (χ0) is 21.1. The first-order valence-corrected chi connectivity index (χ1v) is 13.5. The molecule has 0 heterocycles. The van der Waals surface area contributed by atoms with Crippen LogP contribution in [0.1, 0.15) is 136 Å². The Morgan fingerprint density at radius 2 is 1.00 bits per heavy atom. The summed E-state index contributed by atoms with van der Waals surface area (Å²) in [6.07, 6.45) is 19.2. The van der Waals surface area contributed by atoms with E-state index in [0.717, 1.165) is 38.5 Å². The summed E-state index contributed by atoms with van der Waals surface area (Å²) in [5.41, 5.74) is 0. The van der Waals surface area contributed by atoms with E-state index in [4.69, 9.17) is 0 Å². The first kappa shape index (κ1) is 32.1. The molecular weight excluding hydrogens is 395 g/mol. The second kappa shape index (κ2) is 22.1. The summed E-state index contributed by atoms with van der Waals surface area (Å²) in [5, 5.41) is 9.20. The predicted octanol–water partition coefficient (Wildman–Crippen LogP) is 3.72. The summed E-state index contributed by atoms with van der Waals surface area (Å²) < 4.78 is 34.6. The second-order valence-electron chi connectivity index (χ2n) is 8.52. The minimum atomic E-state index is -4.26. The molecule has 0 saturated carbocycles. The van der Waals surface area contributed by atoms with E-state index in [9.17, 15) is 18.1 Å². The fourth-order valence-electron chi connectivity index (χ4n) is 3.80. The summed E-state index contributed by atoms with van der Waals surface area (Å²) in [7, 11) is -4.26. The topological polar surface area (TPSA) is 77.4 Å². The SMILES string of the molecule is CCCCCCCCCCCCCC(CCC(O)CCCCCC)S(=O)(=O)[O-].[Na+]. The quantitative estimate of drug-likeness (QED) is 0.167. The molecule has 2 atom stereocenters. The molecule has 0 amide bonds. The molecule has 4 nitrogen and oxygen atoms in total. The summed E-state index contributed by atoms with van der Waals surface area (Å²) in [5.74, 6) is 0. The van der Waals surface area contributed by atoms with Crippen LogP contribution in [-0.4, -0.2) is 29.4 Å². The molecule has 29 heavy (non-hydrogen) atoms. The van der Waals surface area contributed by atoms with Crippen molar-refractivity contribution in [3.8, 4) is 0 Å². The van der Waals surface area contributed by atoms with Crippen LogP contribution < -0.4 is 29.6 Å². The van der Waals surface area contributed by atoms with E-state index in [1.165, 1.54) is 57.8 Å². The molecule has 0 aromatic heterocycles. The zero-order valence-corrected chi connectivity index (χ0v) is 22.5. The Labute approximate surface area is 204 Å². The smallest absolute Gasteiger partial charge is 0.748 e. The minimum Gasteiger partial charge on any atom is -0.748 e. The van der Waals surface area contributed by atoms with Gasteiger partial charge >= 0.3 is 29.6 Å².